The summed E-state index contributed by atoms with van der Waals surface area (Å²) in [5, 5.41) is 16.1. The molecule has 2 unspecified atom stereocenters. The molecule has 2 bridgehead atoms. The van der Waals surface area contributed by atoms with Crippen LogP contribution in [0.15, 0.2) is 6.20 Å². The van der Waals surface area contributed by atoms with Crippen LogP contribution in [0.4, 0.5) is 0 Å². The molecular weight excluding hydrogens is 236 g/mol. The van der Waals surface area contributed by atoms with E-state index >= 15 is 0 Å². The molecule has 0 aliphatic carbocycles. The Hall–Kier alpha value is -1.47. The van der Waals surface area contributed by atoms with Crippen molar-refractivity contribution in [3.8, 4) is 0 Å². The van der Waals surface area contributed by atoms with Crippen LogP contribution in [-0.4, -0.2) is 62.8 Å². The van der Waals surface area contributed by atoms with Crippen LogP contribution in [0.3, 0.4) is 0 Å². The van der Waals surface area contributed by atoms with Gasteiger partial charge in [-0.1, -0.05) is 5.21 Å². The fourth-order valence-electron chi connectivity index (χ4n) is 2.63. The Labute approximate surface area is 104 Å². The molecule has 0 aromatic carbocycles. The van der Waals surface area contributed by atoms with Crippen LogP contribution >= 0.6 is 0 Å². The van der Waals surface area contributed by atoms with Gasteiger partial charge in [-0.25, -0.2) is 4.79 Å². The zero-order valence-electron chi connectivity index (χ0n) is 10.0. The van der Waals surface area contributed by atoms with Gasteiger partial charge < -0.3 is 9.84 Å². The van der Waals surface area contributed by atoms with E-state index in [1.165, 1.54) is 6.20 Å². The standard InChI is InChI=1S/C11H16N4O3/c16-11(17)10-7-15(13-12-10)4-3-14-5-8-1-2-9(6-14)18-8/h7-9H,1-6H2,(H,16,17). The largest absolute Gasteiger partial charge is 0.476 e. The molecule has 0 radical (unpaired) electrons. The minimum Gasteiger partial charge on any atom is -0.476 e. The third kappa shape index (κ3) is 2.37. The lowest BCUT2D eigenvalue weighted by molar-refractivity contribution is -0.0392. The highest BCUT2D eigenvalue weighted by atomic mass is 16.5. The van der Waals surface area contributed by atoms with Crippen molar-refractivity contribution in [3.63, 3.8) is 0 Å². The number of aromatic carboxylic acids is 1. The number of nitrogens with zero attached hydrogens (tertiary/aromatic N) is 4. The molecule has 18 heavy (non-hydrogen) atoms. The molecule has 2 fully saturated rings. The maximum absolute atomic E-state index is 10.7. The van der Waals surface area contributed by atoms with Crippen molar-refractivity contribution in [1.82, 2.24) is 19.9 Å². The van der Waals surface area contributed by atoms with Gasteiger partial charge in [0.2, 0.25) is 0 Å². The van der Waals surface area contributed by atoms with E-state index in [1.54, 1.807) is 4.68 Å². The van der Waals surface area contributed by atoms with E-state index < -0.39 is 5.97 Å². The Kier molecular flexibility index (Phi) is 3.00. The molecule has 0 amide bonds. The molecule has 2 atom stereocenters. The number of aromatic nitrogens is 3. The average Bonchev–Trinajstić information content (AvgIpc) is 2.94. The highest BCUT2D eigenvalue weighted by molar-refractivity contribution is 5.84. The number of rotatable bonds is 4. The first-order valence-corrected chi connectivity index (χ1v) is 6.22. The van der Waals surface area contributed by atoms with Crippen LogP contribution in [-0.2, 0) is 11.3 Å². The Balaban J connectivity index is 1.53. The quantitative estimate of drug-likeness (QED) is 0.802. The third-order valence-electron chi connectivity index (χ3n) is 3.52. The number of carboxylic acid groups (broad SMARTS) is 1. The van der Waals surface area contributed by atoms with E-state index in [0.29, 0.717) is 18.8 Å². The second kappa shape index (κ2) is 4.66. The zero-order valence-corrected chi connectivity index (χ0v) is 10.0. The van der Waals surface area contributed by atoms with E-state index in [-0.39, 0.29) is 5.69 Å². The Morgan fingerprint density at radius 3 is 2.72 bits per heavy atom. The number of hydrogen-bond acceptors (Lipinski definition) is 5. The summed E-state index contributed by atoms with van der Waals surface area (Å²) in [7, 11) is 0. The molecule has 98 valence electrons. The van der Waals surface area contributed by atoms with Crippen molar-refractivity contribution in [2.45, 2.75) is 31.6 Å². The summed E-state index contributed by atoms with van der Waals surface area (Å²) in [5.74, 6) is -1.04. The molecule has 2 aliphatic rings. The summed E-state index contributed by atoms with van der Waals surface area (Å²) in [5.41, 5.74) is -0.00273. The molecule has 7 heteroatoms. The van der Waals surface area contributed by atoms with Crippen LogP contribution in [0, 0.1) is 0 Å². The smallest absolute Gasteiger partial charge is 0.358 e. The molecule has 0 spiro atoms. The number of fused-ring (bicyclic) bond motifs is 2. The van der Waals surface area contributed by atoms with Gasteiger partial charge in [0, 0.05) is 19.6 Å². The molecule has 2 aliphatic heterocycles. The second-order valence-corrected chi connectivity index (χ2v) is 4.89. The van der Waals surface area contributed by atoms with Crippen molar-refractivity contribution in [1.29, 1.82) is 0 Å². The summed E-state index contributed by atoms with van der Waals surface area (Å²) in [6.45, 7) is 3.46. The molecular formula is C11H16N4O3. The molecule has 1 aromatic heterocycles. The van der Waals surface area contributed by atoms with Gasteiger partial charge in [-0.15, -0.1) is 5.10 Å². The molecule has 3 heterocycles. The number of ether oxygens (including phenoxy) is 1. The van der Waals surface area contributed by atoms with Crippen LogP contribution in [0.1, 0.15) is 23.3 Å². The first-order chi connectivity index (χ1) is 8.70. The lowest BCUT2D eigenvalue weighted by Gasteiger charge is -2.31. The normalized spacial score (nSPS) is 27.6. The minimum atomic E-state index is -1.04. The van der Waals surface area contributed by atoms with E-state index in [1.807, 2.05) is 0 Å². The molecule has 2 saturated heterocycles. The lowest BCUT2D eigenvalue weighted by atomic mass is 10.2. The SMILES string of the molecule is O=C(O)c1cn(CCN2CC3CCC(C2)O3)nn1. The lowest BCUT2D eigenvalue weighted by Crippen LogP contribution is -2.43. The summed E-state index contributed by atoms with van der Waals surface area (Å²) < 4.78 is 7.35. The van der Waals surface area contributed by atoms with Gasteiger partial charge in [0.15, 0.2) is 5.69 Å². The molecule has 7 nitrogen and oxygen atoms in total. The van der Waals surface area contributed by atoms with E-state index in [0.717, 1.165) is 32.5 Å². The summed E-state index contributed by atoms with van der Waals surface area (Å²) in [6.07, 6.45) is 4.56. The van der Waals surface area contributed by atoms with E-state index in [9.17, 15) is 4.79 Å². The molecule has 1 aromatic rings. The van der Waals surface area contributed by atoms with Gasteiger partial charge in [0.05, 0.1) is 24.9 Å². The van der Waals surface area contributed by atoms with Crippen molar-refractivity contribution in [2.24, 2.45) is 0 Å². The fraction of sp³-hybridized carbons (Fsp3) is 0.727. The average molecular weight is 252 g/mol. The molecule has 3 rings (SSSR count). The van der Waals surface area contributed by atoms with Crippen molar-refractivity contribution < 1.29 is 14.6 Å². The number of hydrogen-bond donors (Lipinski definition) is 1. The highest BCUT2D eigenvalue weighted by Gasteiger charge is 2.33. The Bertz CT molecular complexity index is 435. The second-order valence-electron chi connectivity index (χ2n) is 4.89. The predicted octanol–water partition coefficient (Wildman–Crippen LogP) is -0.161. The predicted molar refractivity (Wildman–Crippen MR) is 61.3 cm³/mol. The van der Waals surface area contributed by atoms with Crippen LogP contribution in [0.2, 0.25) is 0 Å². The van der Waals surface area contributed by atoms with E-state index in [2.05, 4.69) is 15.2 Å². The van der Waals surface area contributed by atoms with Crippen LogP contribution < -0.4 is 0 Å². The van der Waals surface area contributed by atoms with Gasteiger partial charge >= 0.3 is 5.97 Å². The maximum Gasteiger partial charge on any atom is 0.358 e. The van der Waals surface area contributed by atoms with Crippen molar-refractivity contribution in [3.05, 3.63) is 11.9 Å². The van der Waals surface area contributed by atoms with Crippen LogP contribution in [0.5, 0.6) is 0 Å². The van der Waals surface area contributed by atoms with Gasteiger partial charge in [-0.2, -0.15) is 0 Å². The van der Waals surface area contributed by atoms with Gasteiger partial charge in [-0.3, -0.25) is 9.58 Å². The molecule has 0 saturated carbocycles. The van der Waals surface area contributed by atoms with Gasteiger partial charge in [0.1, 0.15) is 0 Å². The van der Waals surface area contributed by atoms with Crippen LogP contribution in [0.25, 0.3) is 0 Å². The Morgan fingerprint density at radius 1 is 1.39 bits per heavy atom. The van der Waals surface area contributed by atoms with E-state index in [4.69, 9.17) is 9.84 Å². The van der Waals surface area contributed by atoms with Crippen molar-refractivity contribution >= 4 is 5.97 Å². The zero-order chi connectivity index (χ0) is 12.5. The first-order valence-electron chi connectivity index (χ1n) is 6.22. The fourth-order valence-corrected chi connectivity index (χ4v) is 2.63. The number of morpholine rings is 1. The highest BCUT2D eigenvalue weighted by Crippen LogP contribution is 2.25. The Morgan fingerprint density at radius 2 is 2.11 bits per heavy atom. The number of carboxylic acids is 1. The van der Waals surface area contributed by atoms with Gasteiger partial charge in [-0.05, 0) is 12.8 Å². The monoisotopic (exact) mass is 252 g/mol. The summed E-state index contributed by atoms with van der Waals surface area (Å²) in [4.78, 5) is 13.0. The van der Waals surface area contributed by atoms with Gasteiger partial charge in [0.25, 0.3) is 0 Å². The summed E-state index contributed by atoms with van der Waals surface area (Å²) >= 11 is 0. The topological polar surface area (TPSA) is 80.5 Å². The minimum absolute atomic E-state index is 0.00273. The third-order valence-corrected chi connectivity index (χ3v) is 3.52. The number of likely N-dealkylation sites (tertiary alicyclic amines) is 1. The molecule has 1 N–H and O–H groups in total. The number of carbonyl (C=O) groups is 1. The maximum atomic E-state index is 10.7. The van der Waals surface area contributed by atoms with Crippen molar-refractivity contribution in [2.75, 3.05) is 19.6 Å². The summed E-state index contributed by atoms with van der Waals surface area (Å²) in [6, 6.07) is 0. The first kappa shape index (κ1) is 11.6.